The molecule has 0 saturated heterocycles. The summed E-state index contributed by atoms with van der Waals surface area (Å²) >= 11 is 0. The van der Waals surface area contributed by atoms with E-state index in [9.17, 15) is 33.6 Å². The molecule has 5 atom stereocenters. The third-order valence-electron chi connectivity index (χ3n) is 8.64. The number of amides is 5. The summed E-state index contributed by atoms with van der Waals surface area (Å²) in [6, 6.07) is 21.7. The monoisotopic (exact) mass is 802 g/mol. The number of carbonyl (C=O) groups is 7. The lowest BCUT2D eigenvalue weighted by molar-refractivity contribution is -0.149. The third kappa shape index (κ3) is 17.7. The topological polar surface area (TPSA) is 233 Å². The van der Waals surface area contributed by atoms with E-state index in [1.807, 2.05) is 42.5 Å². The summed E-state index contributed by atoms with van der Waals surface area (Å²) in [5.74, 6) is -4.03. The van der Waals surface area contributed by atoms with E-state index in [0.717, 1.165) is 16.7 Å². The number of hydrogen-bond donors (Lipinski definition) is 6. The maximum Gasteiger partial charge on any atom is 0.407 e. The molecular formula is C42H54N6O10. The van der Waals surface area contributed by atoms with E-state index in [4.69, 9.17) is 19.9 Å². The first-order valence-electron chi connectivity index (χ1n) is 19.1. The number of nitrogens with one attached hydrogen (secondary N) is 5. The molecular weight excluding hydrogens is 748 g/mol. The molecule has 16 heteroatoms. The first kappa shape index (κ1) is 46.1. The average Bonchev–Trinajstić information content (AvgIpc) is 3.22. The van der Waals surface area contributed by atoms with Gasteiger partial charge in [-0.05, 0) is 63.1 Å². The summed E-state index contributed by atoms with van der Waals surface area (Å²) in [5.41, 5.74) is 8.02. The zero-order valence-electron chi connectivity index (χ0n) is 33.1. The van der Waals surface area contributed by atoms with Crippen LogP contribution in [0.5, 0.6) is 0 Å². The molecule has 3 aromatic rings. The molecule has 5 amide bonds. The zero-order chi connectivity index (χ0) is 42.3. The van der Waals surface area contributed by atoms with Crippen LogP contribution < -0.4 is 32.3 Å². The van der Waals surface area contributed by atoms with Crippen molar-refractivity contribution in [2.45, 2.75) is 103 Å². The maximum atomic E-state index is 13.5. The molecule has 7 N–H and O–H groups in total. The first-order valence-corrected chi connectivity index (χ1v) is 19.1. The van der Waals surface area contributed by atoms with Crippen molar-refractivity contribution in [1.29, 1.82) is 0 Å². The Morgan fingerprint density at radius 2 is 1.03 bits per heavy atom. The van der Waals surface area contributed by atoms with Crippen LogP contribution in [-0.4, -0.2) is 78.4 Å². The van der Waals surface area contributed by atoms with Crippen LogP contribution in [0.25, 0.3) is 0 Å². The Hall–Kier alpha value is -6.29. The number of esters is 2. The van der Waals surface area contributed by atoms with E-state index in [-0.39, 0.29) is 45.6 Å². The normalized spacial score (nSPS) is 13.2. The summed E-state index contributed by atoms with van der Waals surface area (Å²) < 4.78 is 15.9. The number of ether oxygens (including phenoxy) is 3. The number of benzene rings is 3. The quantitative estimate of drug-likeness (QED) is 0.0464. The van der Waals surface area contributed by atoms with E-state index in [1.54, 1.807) is 48.5 Å². The van der Waals surface area contributed by atoms with Gasteiger partial charge in [0.05, 0.1) is 6.04 Å². The highest BCUT2D eigenvalue weighted by Crippen LogP contribution is 2.09. The highest BCUT2D eigenvalue weighted by molar-refractivity contribution is 5.93. The van der Waals surface area contributed by atoms with Gasteiger partial charge >= 0.3 is 18.0 Å². The molecule has 312 valence electrons. The zero-order valence-corrected chi connectivity index (χ0v) is 33.1. The van der Waals surface area contributed by atoms with Crippen LogP contribution in [0.4, 0.5) is 4.79 Å². The standard InChI is InChI=1S/C42H54N6O10/c1-28(43)37(50)48-35(41(54)57-26-32-17-9-5-10-18-32)22-23-36(49)47-34(21-13-14-24-44-42(55)58-27-33-19-11-6-12-20-33)39(52)45-29(2)38(51)46-30(3)40(53)56-25-31-15-7-4-8-16-31/h4-12,15-20,28-30,34-35H,13-14,21-27,43H2,1-3H3,(H,44,55)(H,45,52)(H,46,51)(H,47,49)(H,48,50)/t28-,29+,30+,34+,35+/m0/s1. The van der Waals surface area contributed by atoms with Gasteiger partial charge in [-0.2, -0.15) is 0 Å². The lowest BCUT2D eigenvalue weighted by Gasteiger charge is -2.23. The van der Waals surface area contributed by atoms with Gasteiger partial charge in [-0.1, -0.05) is 91.0 Å². The van der Waals surface area contributed by atoms with Gasteiger partial charge in [0.2, 0.25) is 23.6 Å². The second-order valence-corrected chi connectivity index (χ2v) is 13.6. The molecule has 0 fully saturated rings. The number of rotatable bonds is 23. The maximum absolute atomic E-state index is 13.5. The summed E-state index contributed by atoms with van der Waals surface area (Å²) in [4.78, 5) is 89.9. The van der Waals surface area contributed by atoms with Crippen LogP contribution in [0.2, 0.25) is 0 Å². The Morgan fingerprint density at radius 3 is 1.57 bits per heavy atom. The Labute approximate surface area is 338 Å². The first-order chi connectivity index (χ1) is 27.8. The van der Waals surface area contributed by atoms with Crippen LogP contribution in [0.15, 0.2) is 91.0 Å². The van der Waals surface area contributed by atoms with Gasteiger partial charge in [-0.3, -0.25) is 19.2 Å². The minimum absolute atomic E-state index is 0.0199. The van der Waals surface area contributed by atoms with E-state index >= 15 is 0 Å². The highest BCUT2D eigenvalue weighted by atomic mass is 16.5. The Kier molecular flexibility index (Phi) is 19.9. The van der Waals surface area contributed by atoms with E-state index in [1.165, 1.54) is 20.8 Å². The highest BCUT2D eigenvalue weighted by Gasteiger charge is 2.28. The number of unbranched alkanes of at least 4 members (excludes halogenated alkanes) is 1. The number of nitrogens with two attached hydrogens (primary N) is 1. The van der Waals surface area contributed by atoms with Crippen molar-refractivity contribution in [3.05, 3.63) is 108 Å². The molecule has 0 heterocycles. The van der Waals surface area contributed by atoms with Gasteiger partial charge < -0.3 is 46.5 Å². The minimum Gasteiger partial charge on any atom is -0.459 e. The van der Waals surface area contributed by atoms with Crippen molar-refractivity contribution in [3.8, 4) is 0 Å². The van der Waals surface area contributed by atoms with Crippen LogP contribution in [0, 0.1) is 0 Å². The fraction of sp³-hybridized carbons (Fsp3) is 0.405. The molecule has 0 aliphatic carbocycles. The lowest BCUT2D eigenvalue weighted by atomic mass is 10.1. The summed E-state index contributed by atoms with van der Waals surface area (Å²) in [7, 11) is 0. The lowest BCUT2D eigenvalue weighted by Crippen LogP contribution is -2.54. The molecule has 3 aromatic carbocycles. The molecule has 0 aromatic heterocycles. The minimum atomic E-state index is -1.21. The molecule has 0 saturated carbocycles. The third-order valence-corrected chi connectivity index (χ3v) is 8.64. The Morgan fingerprint density at radius 1 is 0.534 bits per heavy atom. The van der Waals surface area contributed by atoms with Gasteiger partial charge in [0.15, 0.2) is 0 Å². The smallest absolute Gasteiger partial charge is 0.407 e. The van der Waals surface area contributed by atoms with Crippen molar-refractivity contribution < 1.29 is 47.8 Å². The second kappa shape index (κ2) is 25.1. The second-order valence-electron chi connectivity index (χ2n) is 13.6. The number of carbonyl (C=O) groups excluding carboxylic acids is 7. The Bertz CT molecular complexity index is 1780. The van der Waals surface area contributed by atoms with E-state index in [2.05, 4.69) is 26.6 Å². The molecule has 58 heavy (non-hydrogen) atoms. The molecule has 0 bridgehead atoms. The van der Waals surface area contributed by atoms with Crippen LogP contribution in [-0.2, 0) is 62.8 Å². The van der Waals surface area contributed by atoms with Crippen molar-refractivity contribution in [2.75, 3.05) is 6.54 Å². The van der Waals surface area contributed by atoms with Crippen molar-refractivity contribution in [1.82, 2.24) is 26.6 Å². The molecule has 0 spiro atoms. The SMILES string of the molecule is C[C@H](N)C(=O)N[C@H](CCC(=O)N[C@H](CCCCNC(=O)OCc1ccccc1)C(=O)N[C@H](C)C(=O)N[C@H](C)C(=O)OCc1ccccc1)C(=O)OCc1ccccc1. The molecule has 0 aliphatic heterocycles. The predicted molar refractivity (Wildman–Crippen MR) is 213 cm³/mol. The van der Waals surface area contributed by atoms with Gasteiger partial charge in [0.1, 0.15) is 44.0 Å². The fourth-order valence-electron chi connectivity index (χ4n) is 5.26. The van der Waals surface area contributed by atoms with Crippen molar-refractivity contribution in [3.63, 3.8) is 0 Å². The van der Waals surface area contributed by atoms with E-state index < -0.39 is 71.9 Å². The van der Waals surface area contributed by atoms with Gasteiger partial charge in [0, 0.05) is 13.0 Å². The molecule has 16 nitrogen and oxygen atoms in total. The predicted octanol–water partition coefficient (Wildman–Crippen LogP) is 2.68. The molecule has 0 unspecified atom stereocenters. The Balaban J connectivity index is 1.58. The van der Waals surface area contributed by atoms with Crippen molar-refractivity contribution in [2.24, 2.45) is 5.73 Å². The summed E-state index contributed by atoms with van der Waals surface area (Å²) in [6.07, 6.45) is -0.186. The van der Waals surface area contributed by atoms with Crippen LogP contribution >= 0.6 is 0 Å². The van der Waals surface area contributed by atoms with Gasteiger partial charge in [-0.15, -0.1) is 0 Å². The van der Waals surface area contributed by atoms with E-state index in [0.29, 0.717) is 12.8 Å². The molecule has 0 radical (unpaired) electrons. The van der Waals surface area contributed by atoms with Crippen LogP contribution in [0.3, 0.4) is 0 Å². The number of hydrogen-bond acceptors (Lipinski definition) is 11. The molecule has 0 aliphatic rings. The summed E-state index contributed by atoms with van der Waals surface area (Å²) in [5, 5.41) is 12.9. The number of alkyl carbamates (subject to hydrolysis) is 1. The largest absolute Gasteiger partial charge is 0.459 e. The van der Waals surface area contributed by atoms with Crippen molar-refractivity contribution >= 4 is 41.7 Å². The van der Waals surface area contributed by atoms with Crippen LogP contribution in [0.1, 0.15) is 69.6 Å². The summed E-state index contributed by atoms with van der Waals surface area (Å²) in [6.45, 7) is 4.60. The fourth-order valence-corrected chi connectivity index (χ4v) is 5.26. The average molecular weight is 803 g/mol. The molecule has 3 rings (SSSR count). The van der Waals surface area contributed by atoms with Gasteiger partial charge in [0.25, 0.3) is 0 Å². The van der Waals surface area contributed by atoms with Gasteiger partial charge in [-0.25, -0.2) is 14.4 Å².